The lowest BCUT2D eigenvalue weighted by molar-refractivity contribution is -0.119. The van der Waals surface area contributed by atoms with Crippen molar-refractivity contribution in [3.8, 4) is 5.75 Å². The summed E-state index contributed by atoms with van der Waals surface area (Å²) in [6.45, 7) is 6.94. The maximum absolute atomic E-state index is 11.0. The minimum atomic E-state index is -0.246. The third-order valence-corrected chi connectivity index (χ3v) is 4.10. The van der Waals surface area contributed by atoms with Crippen molar-refractivity contribution in [2.24, 2.45) is 5.73 Å². The van der Waals surface area contributed by atoms with Crippen LogP contribution in [0.1, 0.15) is 11.1 Å². The first-order chi connectivity index (χ1) is 9.63. The van der Waals surface area contributed by atoms with Gasteiger partial charge < -0.3 is 15.4 Å². The van der Waals surface area contributed by atoms with E-state index in [4.69, 9.17) is 10.5 Å². The van der Waals surface area contributed by atoms with E-state index in [0.29, 0.717) is 6.54 Å². The van der Waals surface area contributed by atoms with Gasteiger partial charge in [-0.15, -0.1) is 0 Å². The minimum absolute atomic E-state index is 0.246. The second-order valence-corrected chi connectivity index (χ2v) is 5.57. The summed E-state index contributed by atoms with van der Waals surface area (Å²) in [5.74, 6) is 0.794. The average molecular weight is 275 g/mol. The monoisotopic (exact) mass is 275 g/mol. The zero-order valence-electron chi connectivity index (χ0n) is 11.9. The molecule has 2 N–H and O–H groups in total. The summed E-state index contributed by atoms with van der Waals surface area (Å²) in [7, 11) is 0. The molecule has 0 aliphatic carbocycles. The Labute approximate surface area is 119 Å². The molecule has 1 aromatic rings. The predicted molar refractivity (Wildman–Crippen MR) is 78.2 cm³/mol. The Morgan fingerprint density at radius 2 is 2.05 bits per heavy atom. The first-order valence-electron chi connectivity index (χ1n) is 7.15. The van der Waals surface area contributed by atoms with E-state index in [1.807, 2.05) is 0 Å². The first-order valence-corrected chi connectivity index (χ1v) is 7.15. The third-order valence-electron chi connectivity index (χ3n) is 4.10. The molecule has 5 heteroatoms. The minimum Gasteiger partial charge on any atom is -0.493 e. The summed E-state index contributed by atoms with van der Waals surface area (Å²) in [6, 6.07) is 4.41. The van der Waals surface area contributed by atoms with E-state index in [1.165, 1.54) is 16.8 Å². The van der Waals surface area contributed by atoms with Crippen molar-refractivity contribution in [2.45, 2.75) is 13.3 Å². The van der Waals surface area contributed by atoms with Gasteiger partial charge in [-0.1, -0.05) is 0 Å². The molecule has 2 aliphatic rings. The van der Waals surface area contributed by atoms with Crippen molar-refractivity contribution in [3.05, 3.63) is 23.3 Å². The van der Waals surface area contributed by atoms with Crippen LogP contribution in [-0.4, -0.2) is 50.1 Å². The number of hydrogen-bond donors (Lipinski definition) is 1. The van der Waals surface area contributed by atoms with Gasteiger partial charge in [0, 0.05) is 38.3 Å². The maximum Gasteiger partial charge on any atom is 0.231 e. The number of amides is 1. The summed E-state index contributed by atoms with van der Waals surface area (Å²) in [4.78, 5) is 15.5. The second-order valence-electron chi connectivity index (χ2n) is 5.57. The van der Waals surface area contributed by atoms with E-state index in [0.717, 1.165) is 45.0 Å². The average Bonchev–Trinajstić information content (AvgIpc) is 2.85. The van der Waals surface area contributed by atoms with E-state index in [1.54, 1.807) is 0 Å². The van der Waals surface area contributed by atoms with E-state index >= 15 is 0 Å². The van der Waals surface area contributed by atoms with Gasteiger partial charge in [-0.05, 0) is 30.2 Å². The van der Waals surface area contributed by atoms with Gasteiger partial charge in [0.25, 0.3) is 0 Å². The number of fused-ring (bicyclic) bond motifs is 1. The number of carbonyl (C=O) groups is 1. The van der Waals surface area contributed by atoms with Crippen molar-refractivity contribution < 1.29 is 9.53 Å². The molecule has 108 valence electrons. The van der Waals surface area contributed by atoms with Crippen LogP contribution < -0.4 is 15.4 Å². The van der Waals surface area contributed by atoms with Crippen LogP contribution in [0.3, 0.4) is 0 Å². The number of nitrogens with two attached hydrogens (primary N) is 1. The molecule has 3 rings (SSSR count). The van der Waals surface area contributed by atoms with Gasteiger partial charge in [0.2, 0.25) is 5.91 Å². The number of ether oxygens (including phenoxy) is 1. The molecular formula is C15H21N3O2. The van der Waals surface area contributed by atoms with Gasteiger partial charge >= 0.3 is 0 Å². The highest BCUT2D eigenvalue weighted by atomic mass is 16.5. The number of benzene rings is 1. The maximum atomic E-state index is 11.0. The van der Waals surface area contributed by atoms with Crippen LogP contribution in [0.15, 0.2) is 12.1 Å². The molecule has 2 aliphatic heterocycles. The molecule has 1 saturated heterocycles. The number of hydrogen-bond acceptors (Lipinski definition) is 4. The molecule has 0 bridgehead atoms. The van der Waals surface area contributed by atoms with Gasteiger partial charge in [-0.2, -0.15) is 0 Å². The van der Waals surface area contributed by atoms with Crippen LogP contribution in [0, 0.1) is 6.92 Å². The third kappa shape index (κ3) is 2.58. The molecule has 1 amide bonds. The molecule has 1 aromatic carbocycles. The van der Waals surface area contributed by atoms with Crippen molar-refractivity contribution in [2.75, 3.05) is 44.2 Å². The predicted octanol–water partition coefficient (Wildman–Crippen LogP) is 0.537. The van der Waals surface area contributed by atoms with Crippen LogP contribution in [-0.2, 0) is 11.2 Å². The largest absolute Gasteiger partial charge is 0.493 e. The SMILES string of the molecule is Cc1cc2c(cc1N1CCN(CC(N)=O)CC1)CCO2. The van der Waals surface area contributed by atoms with Crippen LogP contribution in [0.2, 0.25) is 0 Å². The lowest BCUT2D eigenvalue weighted by Gasteiger charge is -2.36. The van der Waals surface area contributed by atoms with E-state index in [2.05, 4.69) is 28.9 Å². The quantitative estimate of drug-likeness (QED) is 0.874. The Morgan fingerprint density at radius 3 is 2.75 bits per heavy atom. The highest BCUT2D eigenvalue weighted by Crippen LogP contribution is 2.33. The number of primary amides is 1. The Kier molecular flexibility index (Phi) is 3.53. The molecule has 1 fully saturated rings. The number of piperazine rings is 1. The number of aryl methyl sites for hydroxylation is 1. The normalized spacial score (nSPS) is 18.8. The van der Waals surface area contributed by atoms with Crippen LogP contribution in [0.4, 0.5) is 5.69 Å². The highest BCUT2D eigenvalue weighted by Gasteiger charge is 2.22. The summed E-state index contributed by atoms with van der Waals surface area (Å²) < 4.78 is 5.60. The number of rotatable bonds is 3. The van der Waals surface area contributed by atoms with Gasteiger partial charge in [0.15, 0.2) is 0 Å². The van der Waals surface area contributed by atoms with Crippen molar-refractivity contribution >= 4 is 11.6 Å². The summed E-state index contributed by atoms with van der Waals surface area (Å²) >= 11 is 0. The highest BCUT2D eigenvalue weighted by molar-refractivity contribution is 5.76. The zero-order valence-corrected chi connectivity index (χ0v) is 11.9. The van der Waals surface area contributed by atoms with Gasteiger partial charge in [0.05, 0.1) is 13.2 Å². The topological polar surface area (TPSA) is 58.8 Å². The Hall–Kier alpha value is -1.75. The summed E-state index contributed by atoms with van der Waals surface area (Å²) in [5.41, 5.74) is 9.11. The Bertz CT molecular complexity index is 522. The standard InChI is InChI=1S/C15H21N3O2/c1-11-8-14-12(2-7-20-14)9-13(11)18-5-3-17(4-6-18)10-15(16)19/h8-9H,2-7,10H2,1H3,(H2,16,19). The molecule has 0 spiro atoms. The van der Waals surface area contributed by atoms with Gasteiger partial charge in [-0.3, -0.25) is 9.69 Å². The Morgan fingerprint density at radius 1 is 1.30 bits per heavy atom. The van der Waals surface area contributed by atoms with E-state index < -0.39 is 0 Å². The molecule has 2 heterocycles. The zero-order chi connectivity index (χ0) is 14.1. The molecule has 0 atom stereocenters. The summed E-state index contributed by atoms with van der Waals surface area (Å²) in [6.07, 6.45) is 1.00. The number of carbonyl (C=O) groups excluding carboxylic acids is 1. The van der Waals surface area contributed by atoms with Crippen molar-refractivity contribution in [1.29, 1.82) is 0 Å². The molecule has 0 unspecified atom stereocenters. The van der Waals surface area contributed by atoms with Crippen LogP contribution >= 0.6 is 0 Å². The fraction of sp³-hybridized carbons (Fsp3) is 0.533. The van der Waals surface area contributed by atoms with Crippen molar-refractivity contribution in [1.82, 2.24) is 4.90 Å². The molecule has 0 saturated carbocycles. The number of anilines is 1. The lowest BCUT2D eigenvalue weighted by Crippen LogP contribution is -2.49. The fourth-order valence-corrected chi connectivity index (χ4v) is 3.02. The van der Waals surface area contributed by atoms with Gasteiger partial charge in [-0.25, -0.2) is 0 Å². The van der Waals surface area contributed by atoms with E-state index in [9.17, 15) is 4.79 Å². The first kappa shape index (κ1) is 13.2. The van der Waals surface area contributed by atoms with E-state index in [-0.39, 0.29) is 5.91 Å². The van der Waals surface area contributed by atoms with Gasteiger partial charge in [0.1, 0.15) is 5.75 Å². The molecule has 0 radical (unpaired) electrons. The molecule has 5 nitrogen and oxygen atoms in total. The van der Waals surface area contributed by atoms with Crippen LogP contribution in [0.5, 0.6) is 5.75 Å². The Balaban J connectivity index is 1.70. The van der Waals surface area contributed by atoms with Crippen LogP contribution in [0.25, 0.3) is 0 Å². The molecule has 0 aromatic heterocycles. The fourth-order valence-electron chi connectivity index (χ4n) is 3.02. The smallest absolute Gasteiger partial charge is 0.231 e. The summed E-state index contributed by atoms with van der Waals surface area (Å²) in [5, 5.41) is 0. The molecular weight excluding hydrogens is 254 g/mol. The van der Waals surface area contributed by atoms with Crippen molar-refractivity contribution in [3.63, 3.8) is 0 Å². The molecule has 20 heavy (non-hydrogen) atoms. The number of nitrogens with zero attached hydrogens (tertiary/aromatic N) is 2. The lowest BCUT2D eigenvalue weighted by atomic mass is 10.1. The second kappa shape index (κ2) is 5.32.